The Balaban J connectivity index is 2.17. The summed E-state index contributed by atoms with van der Waals surface area (Å²) in [4.78, 5) is 12.0. The predicted molar refractivity (Wildman–Crippen MR) is 97.9 cm³/mol. The lowest BCUT2D eigenvalue weighted by molar-refractivity contribution is 0.0955. The molecule has 24 heavy (non-hydrogen) atoms. The first-order valence-corrected chi connectivity index (χ1v) is 8.18. The molecule has 0 atom stereocenters. The van der Waals surface area contributed by atoms with Crippen molar-refractivity contribution < 1.29 is 9.53 Å². The van der Waals surface area contributed by atoms with E-state index in [0.717, 1.165) is 22.4 Å². The van der Waals surface area contributed by atoms with Crippen LogP contribution in [0.5, 0.6) is 5.75 Å². The lowest BCUT2D eigenvalue weighted by atomic mass is 9.97. The quantitative estimate of drug-likeness (QED) is 0.637. The number of hydrazone groups is 1. The largest absolute Gasteiger partial charge is 0.494 e. The van der Waals surface area contributed by atoms with Crippen LogP contribution in [0.25, 0.3) is 0 Å². The molecular formula is C20H24N2O2. The number of hydrogen-bond donors (Lipinski definition) is 1. The van der Waals surface area contributed by atoms with E-state index in [-0.39, 0.29) is 5.91 Å². The summed E-state index contributed by atoms with van der Waals surface area (Å²) in [5, 5.41) is 4.09. The van der Waals surface area contributed by atoms with Crippen LogP contribution in [-0.4, -0.2) is 18.7 Å². The van der Waals surface area contributed by atoms with E-state index in [0.29, 0.717) is 18.1 Å². The standard InChI is InChI=1S/C20H24N2O2/c1-5-24-19-11-15(4)17(12-18(19)14(2)3)13-21-22-20(23)16-9-7-6-8-10-16/h6-14H,5H2,1-4H3,(H,22,23)/b21-13-. The minimum atomic E-state index is -0.223. The molecule has 0 spiro atoms. The number of amides is 1. The molecule has 0 saturated heterocycles. The fourth-order valence-corrected chi connectivity index (χ4v) is 2.40. The average Bonchev–Trinajstić information content (AvgIpc) is 2.57. The molecule has 126 valence electrons. The van der Waals surface area contributed by atoms with Gasteiger partial charge >= 0.3 is 0 Å². The van der Waals surface area contributed by atoms with Gasteiger partial charge in [0.25, 0.3) is 5.91 Å². The zero-order chi connectivity index (χ0) is 17.5. The van der Waals surface area contributed by atoms with Gasteiger partial charge in [-0.2, -0.15) is 5.10 Å². The van der Waals surface area contributed by atoms with Crippen molar-refractivity contribution in [2.45, 2.75) is 33.6 Å². The summed E-state index contributed by atoms with van der Waals surface area (Å²) in [7, 11) is 0. The maximum atomic E-state index is 12.0. The normalized spacial score (nSPS) is 11.0. The summed E-state index contributed by atoms with van der Waals surface area (Å²) in [5.74, 6) is 1.04. The van der Waals surface area contributed by atoms with E-state index in [1.807, 2.05) is 38.1 Å². The molecule has 0 bridgehead atoms. The number of ether oxygens (including phenoxy) is 1. The molecule has 0 aliphatic heterocycles. The highest BCUT2D eigenvalue weighted by Gasteiger charge is 2.11. The van der Waals surface area contributed by atoms with Crippen LogP contribution in [-0.2, 0) is 0 Å². The van der Waals surface area contributed by atoms with Gasteiger partial charge in [0.1, 0.15) is 5.75 Å². The number of benzene rings is 2. The molecule has 4 heteroatoms. The van der Waals surface area contributed by atoms with Crippen molar-refractivity contribution in [3.05, 3.63) is 64.7 Å². The molecule has 0 aliphatic rings. The van der Waals surface area contributed by atoms with Crippen LogP contribution >= 0.6 is 0 Å². The van der Waals surface area contributed by atoms with Gasteiger partial charge in [-0.25, -0.2) is 5.43 Å². The summed E-state index contributed by atoms with van der Waals surface area (Å²) >= 11 is 0. The molecule has 0 saturated carbocycles. The summed E-state index contributed by atoms with van der Waals surface area (Å²) < 4.78 is 5.72. The van der Waals surface area contributed by atoms with Crippen molar-refractivity contribution >= 4 is 12.1 Å². The molecule has 2 aromatic carbocycles. The zero-order valence-electron chi connectivity index (χ0n) is 14.7. The van der Waals surface area contributed by atoms with Crippen molar-refractivity contribution in [2.24, 2.45) is 5.10 Å². The Kier molecular flexibility index (Phi) is 6.13. The van der Waals surface area contributed by atoms with E-state index in [9.17, 15) is 4.79 Å². The van der Waals surface area contributed by atoms with Gasteiger partial charge in [0.2, 0.25) is 0 Å². The van der Waals surface area contributed by atoms with Crippen LogP contribution in [0.2, 0.25) is 0 Å². The van der Waals surface area contributed by atoms with Gasteiger partial charge in [0, 0.05) is 5.56 Å². The van der Waals surface area contributed by atoms with Gasteiger partial charge in [0.05, 0.1) is 12.8 Å². The SMILES string of the molecule is CCOc1cc(C)c(/C=N\NC(=O)c2ccccc2)cc1C(C)C. The van der Waals surface area contributed by atoms with Gasteiger partial charge < -0.3 is 4.74 Å². The molecule has 0 heterocycles. The van der Waals surface area contributed by atoms with Crippen LogP contribution < -0.4 is 10.2 Å². The maximum absolute atomic E-state index is 12.0. The second-order valence-electron chi connectivity index (χ2n) is 5.90. The molecule has 1 N–H and O–H groups in total. The van der Waals surface area contributed by atoms with Gasteiger partial charge in [-0.05, 0) is 60.7 Å². The van der Waals surface area contributed by atoms with Crippen molar-refractivity contribution in [3.63, 3.8) is 0 Å². The minimum Gasteiger partial charge on any atom is -0.494 e. The number of nitrogens with zero attached hydrogens (tertiary/aromatic N) is 1. The molecule has 0 radical (unpaired) electrons. The van der Waals surface area contributed by atoms with Gasteiger partial charge in [0.15, 0.2) is 0 Å². The van der Waals surface area contributed by atoms with Crippen molar-refractivity contribution in [1.82, 2.24) is 5.43 Å². The number of carbonyl (C=O) groups excluding carboxylic acids is 1. The summed E-state index contributed by atoms with van der Waals surface area (Å²) in [6.07, 6.45) is 1.68. The molecule has 0 aromatic heterocycles. The van der Waals surface area contributed by atoms with Crippen LogP contribution in [0.15, 0.2) is 47.6 Å². The number of carbonyl (C=O) groups is 1. The number of aryl methyl sites for hydroxylation is 1. The molecule has 2 aromatic rings. The Morgan fingerprint density at radius 1 is 1.25 bits per heavy atom. The van der Waals surface area contributed by atoms with Crippen molar-refractivity contribution in [3.8, 4) is 5.75 Å². The van der Waals surface area contributed by atoms with E-state index < -0.39 is 0 Å². The smallest absolute Gasteiger partial charge is 0.271 e. The fraction of sp³-hybridized carbons (Fsp3) is 0.300. The maximum Gasteiger partial charge on any atom is 0.271 e. The molecule has 1 amide bonds. The Morgan fingerprint density at radius 2 is 1.96 bits per heavy atom. The monoisotopic (exact) mass is 324 g/mol. The second kappa shape index (κ2) is 8.29. The van der Waals surface area contributed by atoms with E-state index in [1.54, 1.807) is 18.3 Å². The second-order valence-corrected chi connectivity index (χ2v) is 5.90. The fourth-order valence-electron chi connectivity index (χ4n) is 2.40. The molecular weight excluding hydrogens is 300 g/mol. The van der Waals surface area contributed by atoms with Crippen LogP contribution in [0.1, 0.15) is 53.7 Å². The molecule has 2 rings (SSSR count). The molecule has 0 fully saturated rings. The first-order valence-electron chi connectivity index (χ1n) is 8.18. The third-order valence-corrected chi connectivity index (χ3v) is 3.73. The summed E-state index contributed by atoms with van der Waals surface area (Å²) in [6.45, 7) is 8.89. The Bertz CT molecular complexity index is 722. The first-order chi connectivity index (χ1) is 11.5. The third kappa shape index (κ3) is 4.44. The topological polar surface area (TPSA) is 50.7 Å². The summed E-state index contributed by atoms with van der Waals surface area (Å²) in [6, 6.07) is 13.1. The average molecular weight is 324 g/mol. The molecule has 0 unspecified atom stereocenters. The highest BCUT2D eigenvalue weighted by atomic mass is 16.5. The molecule has 0 aliphatic carbocycles. The van der Waals surface area contributed by atoms with E-state index in [1.165, 1.54) is 0 Å². The zero-order valence-corrected chi connectivity index (χ0v) is 14.7. The Labute approximate surface area is 143 Å². The number of nitrogens with one attached hydrogen (secondary N) is 1. The van der Waals surface area contributed by atoms with Crippen molar-refractivity contribution in [2.75, 3.05) is 6.61 Å². The van der Waals surface area contributed by atoms with Crippen LogP contribution in [0.4, 0.5) is 0 Å². The van der Waals surface area contributed by atoms with Crippen LogP contribution in [0.3, 0.4) is 0 Å². The predicted octanol–water partition coefficient (Wildman–Crippen LogP) is 4.28. The highest BCUT2D eigenvalue weighted by molar-refractivity contribution is 5.95. The Morgan fingerprint density at radius 3 is 2.58 bits per heavy atom. The molecule has 4 nitrogen and oxygen atoms in total. The number of hydrogen-bond acceptors (Lipinski definition) is 3. The van der Waals surface area contributed by atoms with Gasteiger partial charge in [-0.1, -0.05) is 32.0 Å². The van der Waals surface area contributed by atoms with Crippen LogP contribution in [0, 0.1) is 6.92 Å². The lowest BCUT2D eigenvalue weighted by Gasteiger charge is -2.15. The summed E-state index contributed by atoms with van der Waals surface area (Å²) in [5.41, 5.74) is 6.31. The van der Waals surface area contributed by atoms with Gasteiger partial charge in [-0.15, -0.1) is 0 Å². The minimum absolute atomic E-state index is 0.223. The van der Waals surface area contributed by atoms with Gasteiger partial charge in [-0.3, -0.25) is 4.79 Å². The van der Waals surface area contributed by atoms with E-state index in [4.69, 9.17) is 4.74 Å². The first kappa shape index (κ1) is 17.7. The third-order valence-electron chi connectivity index (χ3n) is 3.73. The van der Waals surface area contributed by atoms with E-state index in [2.05, 4.69) is 30.4 Å². The lowest BCUT2D eigenvalue weighted by Crippen LogP contribution is -2.17. The Hall–Kier alpha value is -2.62. The van der Waals surface area contributed by atoms with Crippen molar-refractivity contribution in [1.29, 1.82) is 0 Å². The number of rotatable bonds is 6. The van der Waals surface area contributed by atoms with E-state index >= 15 is 0 Å². The highest BCUT2D eigenvalue weighted by Crippen LogP contribution is 2.29.